The summed E-state index contributed by atoms with van der Waals surface area (Å²) in [6.07, 6.45) is 1.79. The van der Waals surface area contributed by atoms with Gasteiger partial charge in [-0.15, -0.1) is 0 Å². The van der Waals surface area contributed by atoms with Gasteiger partial charge in [0.2, 0.25) is 0 Å². The minimum atomic E-state index is -0.238. The van der Waals surface area contributed by atoms with Crippen LogP contribution in [0.1, 0.15) is 0 Å². The smallest absolute Gasteiger partial charge is 0.123 e. The van der Waals surface area contributed by atoms with Gasteiger partial charge in [-0.2, -0.15) is 5.10 Å². The van der Waals surface area contributed by atoms with E-state index < -0.39 is 0 Å². The molecule has 2 aromatic heterocycles. The molecule has 0 bridgehead atoms. The Labute approximate surface area is 150 Å². The van der Waals surface area contributed by atoms with Crippen molar-refractivity contribution in [3.05, 3.63) is 96.9 Å². The van der Waals surface area contributed by atoms with Gasteiger partial charge in [0.15, 0.2) is 0 Å². The Morgan fingerprint density at radius 3 is 2.12 bits per heavy atom. The molecule has 3 aromatic carbocycles. The summed E-state index contributed by atoms with van der Waals surface area (Å²) >= 11 is 0. The molecule has 0 unspecified atom stereocenters. The summed E-state index contributed by atoms with van der Waals surface area (Å²) in [6, 6.07) is 27.2. The van der Waals surface area contributed by atoms with Gasteiger partial charge < -0.3 is 0 Å². The summed E-state index contributed by atoms with van der Waals surface area (Å²) in [5.41, 5.74) is 5.02. The zero-order valence-corrected chi connectivity index (χ0v) is 13.9. The van der Waals surface area contributed by atoms with Crippen LogP contribution in [0.3, 0.4) is 0 Å². The van der Waals surface area contributed by atoms with E-state index in [0.29, 0.717) is 0 Å². The first-order valence-corrected chi connectivity index (χ1v) is 8.53. The normalized spacial score (nSPS) is 11.3. The van der Waals surface area contributed by atoms with Crippen LogP contribution in [-0.4, -0.2) is 9.61 Å². The summed E-state index contributed by atoms with van der Waals surface area (Å²) < 4.78 is 16.1. The van der Waals surface area contributed by atoms with Gasteiger partial charge in [0.1, 0.15) is 5.82 Å². The van der Waals surface area contributed by atoms with Crippen LogP contribution in [0.4, 0.5) is 4.39 Å². The molecule has 0 amide bonds. The predicted molar refractivity (Wildman–Crippen MR) is 104 cm³/mol. The zero-order valence-electron chi connectivity index (χ0n) is 13.9. The van der Waals surface area contributed by atoms with Crippen LogP contribution < -0.4 is 0 Å². The fourth-order valence-electron chi connectivity index (χ4n) is 3.63. The first-order chi connectivity index (χ1) is 12.8. The van der Waals surface area contributed by atoms with Gasteiger partial charge in [-0.3, -0.25) is 0 Å². The van der Waals surface area contributed by atoms with Gasteiger partial charge in [0, 0.05) is 16.5 Å². The number of hydrogen-bond acceptors (Lipinski definition) is 1. The Bertz CT molecular complexity index is 1230. The van der Waals surface area contributed by atoms with E-state index in [2.05, 4.69) is 29.4 Å². The molecule has 0 saturated carbocycles. The SMILES string of the molecule is Fc1ccc2c(c1)c(-c1ccccc1)c(-c1ccccc1)n1nccc21. The molecule has 2 nitrogen and oxygen atoms in total. The van der Waals surface area contributed by atoms with Gasteiger partial charge in [-0.25, -0.2) is 8.91 Å². The Morgan fingerprint density at radius 2 is 1.38 bits per heavy atom. The van der Waals surface area contributed by atoms with E-state index >= 15 is 0 Å². The second kappa shape index (κ2) is 5.81. The highest BCUT2D eigenvalue weighted by molar-refractivity contribution is 6.09. The Balaban J connectivity index is 2.05. The first-order valence-electron chi connectivity index (χ1n) is 8.53. The second-order valence-corrected chi connectivity index (χ2v) is 6.27. The fourth-order valence-corrected chi connectivity index (χ4v) is 3.63. The maximum absolute atomic E-state index is 14.2. The third-order valence-corrected chi connectivity index (χ3v) is 4.73. The molecular weight excluding hydrogens is 323 g/mol. The molecule has 5 aromatic rings. The molecule has 0 aliphatic heterocycles. The average molecular weight is 338 g/mol. The summed E-state index contributed by atoms with van der Waals surface area (Å²) in [5.74, 6) is -0.238. The van der Waals surface area contributed by atoms with Crippen molar-refractivity contribution in [2.45, 2.75) is 0 Å². The molecule has 3 heteroatoms. The molecule has 124 valence electrons. The van der Waals surface area contributed by atoms with E-state index in [-0.39, 0.29) is 5.82 Å². The number of hydrogen-bond donors (Lipinski definition) is 0. The lowest BCUT2D eigenvalue weighted by Crippen LogP contribution is -1.99. The predicted octanol–water partition coefficient (Wildman–Crippen LogP) is 5.96. The molecule has 0 saturated heterocycles. The minimum absolute atomic E-state index is 0.238. The summed E-state index contributed by atoms with van der Waals surface area (Å²) in [5, 5.41) is 6.46. The highest BCUT2D eigenvalue weighted by atomic mass is 19.1. The molecule has 0 aliphatic carbocycles. The number of rotatable bonds is 2. The van der Waals surface area contributed by atoms with Crippen LogP contribution >= 0.6 is 0 Å². The highest BCUT2D eigenvalue weighted by Crippen LogP contribution is 2.39. The number of aromatic nitrogens is 2. The number of nitrogens with zero attached hydrogens (tertiary/aromatic N) is 2. The van der Waals surface area contributed by atoms with Crippen molar-refractivity contribution < 1.29 is 4.39 Å². The van der Waals surface area contributed by atoms with Gasteiger partial charge in [-0.05, 0) is 35.2 Å². The van der Waals surface area contributed by atoms with Crippen molar-refractivity contribution in [1.29, 1.82) is 0 Å². The molecule has 5 rings (SSSR count). The minimum Gasteiger partial charge on any atom is -0.232 e. The standard InChI is InChI=1S/C23H15FN2/c24-18-11-12-19-20(15-18)22(16-7-3-1-4-8-16)23(17-9-5-2-6-10-17)26-21(19)13-14-25-26/h1-15H. The van der Waals surface area contributed by atoms with Gasteiger partial charge in [0.25, 0.3) is 0 Å². The Kier molecular flexibility index (Phi) is 3.32. The lowest BCUT2D eigenvalue weighted by Gasteiger charge is -2.17. The van der Waals surface area contributed by atoms with Gasteiger partial charge >= 0.3 is 0 Å². The monoisotopic (exact) mass is 338 g/mol. The van der Waals surface area contributed by atoms with E-state index in [1.807, 2.05) is 53.0 Å². The van der Waals surface area contributed by atoms with Crippen LogP contribution in [0.15, 0.2) is 91.1 Å². The largest absolute Gasteiger partial charge is 0.232 e. The molecule has 26 heavy (non-hydrogen) atoms. The van der Waals surface area contributed by atoms with Crippen molar-refractivity contribution >= 4 is 16.3 Å². The van der Waals surface area contributed by atoms with Gasteiger partial charge in [0.05, 0.1) is 17.4 Å². The topological polar surface area (TPSA) is 17.3 Å². The molecule has 0 spiro atoms. The lowest BCUT2D eigenvalue weighted by atomic mass is 9.93. The summed E-state index contributed by atoms with van der Waals surface area (Å²) in [4.78, 5) is 0. The molecule has 0 aliphatic rings. The zero-order chi connectivity index (χ0) is 17.5. The fraction of sp³-hybridized carbons (Fsp3) is 0. The van der Waals surface area contributed by atoms with Crippen molar-refractivity contribution in [3.8, 4) is 22.4 Å². The van der Waals surface area contributed by atoms with Crippen molar-refractivity contribution in [2.24, 2.45) is 0 Å². The van der Waals surface area contributed by atoms with Crippen LogP contribution in [0.5, 0.6) is 0 Å². The first kappa shape index (κ1) is 14.8. The lowest BCUT2D eigenvalue weighted by molar-refractivity contribution is 0.630. The number of fused-ring (bicyclic) bond motifs is 3. The maximum atomic E-state index is 14.2. The molecule has 0 radical (unpaired) electrons. The molecule has 0 fully saturated rings. The Hall–Kier alpha value is -3.46. The van der Waals surface area contributed by atoms with Crippen LogP contribution in [0.2, 0.25) is 0 Å². The van der Waals surface area contributed by atoms with Crippen LogP contribution in [0, 0.1) is 5.82 Å². The molecule has 0 N–H and O–H groups in total. The molecule has 0 atom stereocenters. The van der Waals surface area contributed by atoms with Gasteiger partial charge in [-0.1, -0.05) is 60.7 Å². The van der Waals surface area contributed by atoms with Crippen molar-refractivity contribution in [3.63, 3.8) is 0 Å². The number of pyridine rings is 1. The third kappa shape index (κ3) is 2.21. The third-order valence-electron chi connectivity index (χ3n) is 4.73. The van der Waals surface area contributed by atoms with Crippen molar-refractivity contribution in [1.82, 2.24) is 9.61 Å². The van der Waals surface area contributed by atoms with Crippen LogP contribution in [0.25, 0.3) is 38.7 Å². The molecular formula is C23H15FN2. The summed E-state index contributed by atoms with van der Waals surface area (Å²) in [6.45, 7) is 0. The maximum Gasteiger partial charge on any atom is 0.123 e. The number of halogens is 1. The van der Waals surface area contributed by atoms with E-state index in [1.165, 1.54) is 6.07 Å². The van der Waals surface area contributed by atoms with E-state index in [0.717, 1.165) is 38.7 Å². The number of benzene rings is 3. The highest BCUT2D eigenvalue weighted by Gasteiger charge is 2.18. The molecule has 2 heterocycles. The van der Waals surface area contributed by atoms with E-state index in [1.54, 1.807) is 12.3 Å². The summed E-state index contributed by atoms with van der Waals surface area (Å²) in [7, 11) is 0. The Morgan fingerprint density at radius 1 is 0.692 bits per heavy atom. The van der Waals surface area contributed by atoms with Crippen LogP contribution in [-0.2, 0) is 0 Å². The van der Waals surface area contributed by atoms with E-state index in [9.17, 15) is 4.39 Å². The quantitative estimate of drug-likeness (QED) is 0.388. The van der Waals surface area contributed by atoms with Crippen molar-refractivity contribution in [2.75, 3.05) is 0 Å². The average Bonchev–Trinajstić information content (AvgIpc) is 3.17. The van der Waals surface area contributed by atoms with E-state index in [4.69, 9.17) is 0 Å². The second-order valence-electron chi connectivity index (χ2n) is 6.27.